The fourth-order valence-electron chi connectivity index (χ4n) is 7.80. The molecule has 2 saturated heterocycles. The Kier molecular flexibility index (Phi) is 13.9. The molecule has 0 spiro atoms. The minimum atomic E-state index is -0.718. The first kappa shape index (κ1) is 42.7. The highest BCUT2D eigenvalue weighted by molar-refractivity contribution is 5.87. The third-order valence-electron chi connectivity index (χ3n) is 11.0. The molecule has 0 aliphatic carbocycles. The maximum absolute atomic E-state index is 13.7. The molecule has 4 amide bonds. The molecule has 16 heteroatoms. The summed E-state index contributed by atoms with van der Waals surface area (Å²) in [7, 11) is 4.20. The Morgan fingerprint density at radius 3 is 1.64 bits per heavy atom. The van der Waals surface area contributed by atoms with Crippen LogP contribution in [0.3, 0.4) is 0 Å². The molecule has 316 valence electrons. The summed E-state index contributed by atoms with van der Waals surface area (Å²) in [5, 5.41) is 5.39. The van der Waals surface area contributed by atoms with E-state index in [2.05, 4.69) is 20.6 Å². The van der Waals surface area contributed by atoms with Crippen LogP contribution in [0.4, 0.5) is 9.59 Å². The Hall–Kier alpha value is -5.90. The van der Waals surface area contributed by atoms with Crippen LogP contribution < -0.4 is 15.4 Å². The summed E-state index contributed by atoms with van der Waals surface area (Å²) < 4.78 is 21.1. The van der Waals surface area contributed by atoms with Crippen molar-refractivity contribution in [1.82, 2.24) is 40.4 Å². The smallest absolute Gasteiger partial charge is 0.407 e. The average molecular weight is 813 g/mol. The van der Waals surface area contributed by atoms with Gasteiger partial charge in [-0.1, -0.05) is 58.0 Å². The minimum Gasteiger partial charge on any atom is -0.491 e. The third-order valence-corrected chi connectivity index (χ3v) is 11.0. The van der Waals surface area contributed by atoms with Gasteiger partial charge in [0.05, 0.1) is 56.7 Å². The van der Waals surface area contributed by atoms with Crippen molar-refractivity contribution < 1.29 is 38.1 Å². The number of amides is 4. The van der Waals surface area contributed by atoms with Crippen LogP contribution in [0, 0.1) is 11.8 Å². The Morgan fingerprint density at radius 2 is 1.17 bits per heavy atom. The van der Waals surface area contributed by atoms with Crippen LogP contribution in [0.5, 0.6) is 5.75 Å². The van der Waals surface area contributed by atoms with Crippen molar-refractivity contribution in [1.29, 1.82) is 0 Å². The highest BCUT2D eigenvalue weighted by Crippen LogP contribution is 2.38. The molecule has 2 fully saturated rings. The van der Waals surface area contributed by atoms with E-state index in [9.17, 15) is 19.2 Å². The van der Waals surface area contributed by atoms with Gasteiger partial charge in [-0.05, 0) is 60.8 Å². The molecule has 2 aromatic carbocycles. The van der Waals surface area contributed by atoms with Gasteiger partial charge >= 0.3 is 12.2 Å². The molecular formula is C43H56N8O8. The topological polar surface area (TPSA) is 193 Å². The first-order valence-corrected chi connectivity index (χ1v) is 20.2. The third kappa shape index (κ3) is 9.70. The summed E-state index contributed by atoms with van der Waals surface area (Å²) in [5.74, 6) is 1.48. The van der Waals surface area contributed by atoms with Crippen LogP contribution in [-0.4, -0.2) is 113 Å². The maximum atomic E-state index is 13.7. The lowest BCUT2D eigenvalue weighted by Crippen LogP contribution is -2.51. The molecule has 4 heterocycles. The number of ether oxygens (including phenoxy) is 4. The van der Waals surface area contributed by atoms with Gasteiger partial charge in [0.1, 0.15) is 36.1 Å². The van der Waals surface area contributed by atoms with E-state index in [0.29, 0.717) is 43.7 Å². The number of benzene rings is 2. The predicted molar refractivity (Wildman–Crippen MR) is 220 cm³/mol. The maximum Gasteiger partial charge on any atom is 0.407 e. The van der Waals surface area contributed by atoms with E-state index < -0.39 is 24.3 Å². The van der Waals surface area contributed by atoms with Gasteiger partial charge < -0.3 is 49.3 Å². The van der Waals surface area contributed by atoms with E-state index in [1.54, 1.807) is 29.3 Å². The summed E-state index contributed by atoms with van der Waals surface area (Å²) in [6.07, 6.45) is 5.43. The van der Waals surface area contributed by atoms with Crippen molar-refractivity contribution in [3.05, 3.63) is 66.5 Å². The van der Waals surface area contributed by atoms with E-state index in [4.69, 9.17) is 28.9 Å². The molecule has 2 aromatic heterocycles. The van der Waals surface area contributed by atoms with Crippen LogP contribution in [0.1, 0.15) is 77.1 Å². The lowest BCUT2D eigenvalue weighted by Gasteiger charge is -2.30. The Morgan fingerprint density at radius 1 is 0.695 bits per heavy atom. The predicted octanol–water partition coefficient (Wildman–Crippen LogP) is 6.25. The van der Waals surface area contributed by atoms with Gasteiger partial charge in [-0.15, -0.1) is 0 Å². The Balaban J connectivity index is 1.19. The van der Waals surface area contributed by atoms with E-state index >= 15 is 0 Å². The standard InChI is InChI=1S/C43H56N8O8/c1-25(2)36(48-42(54)57-6)40(52)50-18-8-10-33(50)38-44-23-31(46-38)28-14-12-27(13-15-28)30-17-16-29(22-35(30)59-21-20-56-5)32-24-45-39(47-32)34-11-9-19-51(34)41(53)37(26(3)4)49-43(55)58-7/h12-17,22-26,33-34,36-37H,8-11,18-21H2,1-7H3,(H,44,46)(H,45,47)(H,48,54)(H,49,55). The molecule has 6 rings (SSSR count). The zero-order chi connectivity index (χ0) is 42.2. The zero-order valence-electron chi connectivity index (χ0n) is 34.9. The van der Waals surface area contributed by atoms with Crippen LogP contribution >= 0.6 is 0 Å². The molecule has 2 aliphatic heterocycles. The quantitative estimate of drug-likeness (QED) is 0.0998. The number of hydrogen-bond acceptors (Lipinski definition) is 10. The number of imidazole rings is 2. The number of rotatable bonds is 15. The number of likely N-dealkylation sites (tertiary alicyclic amines) is 2. The second-order valence-electron chi connectivity index (χ2n) is 15.6. The average Bonchev–Trinajstić information content (AvgIpc) is 4.08. The number of hydrogen-bond donors (Lipinski definition) is 4. The number of alkyl carbamates (subject to hydrolysis) is 2. The molecule has 2 aliphatic rings. The summed E-state index contributed by atoms with van der Waals surface area (Å²) in [6.45, 7) is 9.47. The molecule has 0 radical (unpaired) electrons. The highest BCUT2D eigenvalue weighted by atomic mass is 16.5. The summed E-state index contributed by atoms with van der Waals surface area (Å²) >= 11 is 0. The van der Waals surface area contributed by atoms with Crippen molar-refractivity contribution in [3.63, 3.8) is 0 Å². The minimum absolute atomic E-state index is 0.122. The fourth-order valence-corrected chi connectivity index (χ4v) is 7.80. The number of methoxy groups -OCH3 is 3. The van der Waals surface area contributed by atoms with Gasteiger partial charge in [-0.25, -0.2) is 19.6 Å². The largest absolute Gasteiger partial charge is 0.491 e. The van der Waals surface area contributed by atoms with Crippen LogP contribution in [0.25, 0.3) is 33.6 Å². The molecule has 16 nitrogen and oxygen atoms in total. The number of aromatic amines is 2. The van der Waals surface area contributed by atoms with E-state index in [0.717, 1.165) is 59.3 Å². The first-order chi connectivity index (χ1) is 28.4. The van der Waals surface area contributed by atoms with Crippen LogP contribution in [0.15, 0.2) is 54.9 Å². The van der Waals surface area contributed by atoms with Gasteiger partial charge in [0.2, 0.25) is 11.8 Å². The summed E-state index contributed by atoms with van der Waals surface area (Å²) in [5.41, 5.74) is 5.24. The van der Waals surface area contributed by atoms with Crippen molar-refractivity contribution in [2.75, 3.05) is 47.6 Å². The molecule has 59 heavy (non-hydrogen) atoms. The number of nitrogens with one attached hydrogen (secondary N) is 4. The zero-order valence-corrected chi connectivity index (χ0v) is 34.9. The summed E-state index contributed by atoms with van der Waals surface area (Å²) in [4.78, 5) is 71.2. The molecule has 4 aromatic rings. The Bertz CT molecular complexity index is 2080. The van der Waals surface area contributed by atoms with Crippen molar-refractivity contribution in [2.45, 2.75) is 77.5 Å². The fraction of sp³-hybridized carbons (Fsp3) is 0.488. The molecule has 0 saturated carbocycles. The van der Waals surface area contributed by atoms with Crippen LogP contribution in [0.2, 0.25) is 0 Å². The number of aromatic nitrogens is 4. The number of carbonyl (C=O) groups excluding carboxylic acids is 4. The van der Waals surface area contributed by atoms with Crippen LogP contribution in [-0.2, 0) is 23.8 Å². The van der Waals surface area contributed by atoms with Gasteiger partial charge in [-0.3, -0.25) is 9.59 Å². The molecule has 4 N–H and O–H groups in total. The number of nitrogens with zero attached hydrogens (tertiary/aromatic N) is 4. The number of carbonyl (C=O) groups is 4. The normalized spacial score (nSPS) is 17.6. The van der Waals surface area contributed by atoms with Gasteiger partial charge in [-0.2, -0.15) is 0 Å². The first-order valence-electron chi connectivity index (χ1n) is 20.2. The highest BCUT2D eigenvalue weighted by Gasteiger charge is 2.39. The molecule has 4 unspecified atom stereocenters. The lowest BCUT2D eigenvalue weighted by molar-refractivity contribution is -0.136. The van der Waals surface area contributed by atoms with Gasteiger partial charge in [0, 0.05) is 31.3 Å². The Labute approximate surface area is 344 Å². The van der Waals surface area contributed by atoms with E-state index in [1.165, 1.54) is 14.2 Å². The van der Waals surface area contributed by atoms with E-state index in [1.807, 2.05) is 70.2 Å². The van der Waals surface area contributed by atoms with Gasteiger partial charge in [0.15, 0.2) is 0 Å². The second-order valence-corrected chi connectivity index (χ2v) is 15.6. The van der Waals surface area contributed by atoms with E-state index in [-0.39, 0.29) is 35.7 Å². The summed E-state index contributed by atoms with van der Waals surface area (Å²) in [6, 6.07) is 12.2. The molecule has 0 bridgehead atoms. The van der Waals surface area contributed by atoms with Crippen molar-refractivity contribution in [3.8, 4) is 39.4 Å². The molecular weight excluding hydrogens is 757 g/mol. The SMILES string of the molecule is COCCOc1cc(-c2cnc(C3CCCN3C(=O)C(NC(=O)OC)C(C)C)[nH]2)ccc1-c1ccc(-c2cnc(C3CCCN3C(=O)C(NC(=O)OC)C(C)C)[nH]2)cc1. The second kappa shape index (κ2) is 19.2. The van der Waals surface area contributed by atoms with Crippen molar-refractivity contribution >= 4 is 24.0 Å². The lowest BCUT2D eigenvalue weighted by atomic mass is 10.00. The van der Waals surface area contributed by atoms with Gasteiger partial charge in [0.25, 0.3) is 0 Å². The van der Waals surface area contributed by atoms with Crippen molar-refractivity contribution in [2.24, 2.45) is 11.8 Å². The number of H-pyrrole nitrogens is 2. The monoisotopic (exact) mass is 812 g/mol. The molecule has 4 atom stereocenters.